The normalized spacial score (nSPS) is 20.4. The van der Waals surface area contributed by atoms with Crippen LogP contribution in [0.5, 0.6) is 5.75 Å². The van der Waals surface area contributed by atoms with Gasteiger partial charge in [-0.2, -0.15) is 0 Å². The highest BCUT2D eigenvalue weighted by molar-refractivity contribution is 5.82. The lowest BCUT2D eigenvalue weighted by Gasteiger charge is -2.17. The Balaban J connectivity index is 1.93. The summed E-state index contributed by atoms with van der Waals surface area (Å²) in [5.41, 5.74) is 1.09. The fraction of sp³-hybridized carbons (Fsp3) is 0.500. The average Bonchev–Trinajstić information content (AvgIpc) is 2.92. The van der Waals surface area contributed by atoms with E-state index in [-0.39, 0.29) is 18.0 Å². The van der Waals surface area contributed by atoms with E-state index in [4.69, 9.17) is 4.74 Å². The molecule has 2 rings (SSSR count). The van der Waals surface area contributed by atoms with Gasteiger partial charge in [-0.3, -0.25) is 4.79 Å². The predicted molar refractivity (Wildman–Crippen MR) is 70.6 cm³/mol. The molecule has 0 aliphatic carbocycles. The summed E-state index contributed by atoms with van der Waals surface area (Å²) in [5.74, 6) is 0.922. The molecule has 4 nitrogen and oxygen atoms in total. The topological polar surface area (TPSA) is 50.4 Å². The second kappa shape index (κ2) is 5.87. The Morgan fingerprint density at radius 2 is 2.17 bits per heavy atom. The Bertz CT molecular complexity index is 397. The Morgan fingerprint density at radius 1 is 1.44 bits per heavy atom. The van der Waals surface area contributed by atoms with Crippen molar-refractivity contribution in [2.24, 2.45) is 0 Å². The van der Waals surface area contributed by atoms with Gasteiger partial charge in [-0.1, -0.05) is 12.1 Å². The number of methoxy groups -OCH3 is 1. The molecule has 0 unspecified atom stereocenters. The highest BCUT2D eigenvalue weighted by Crippen LogP contribution is 2.17. The van der Waals surface area contributed by atoms with E-state index >= 15 is 0 Å². The van der Waals surface area contributed by atoms with Crippen LogP contribution in [0.3, 0.4) is 0 Å². The summed E-state index contributed by atoms with van der Waals surface area (Å²) in [6, 6.07) is 7.77. The van der Waals surface area contributed by atoms with Crippen molar-refractivity contribution >= 4 is 5.91 Å². The molecule has 0 aromatic heterocycles. The third-order valence-electron chi connectivity index (χ3n) is 3.35. The first-order valence-electron chi connectivity index (χ1n) is 6.38. The summed E-state index contributed by atoms with van der Waals surface area (Å²) in [6.45, 7) is 2.93. The molecule has 0 spiro atoms. The number of ether oxygens (including phenoxy) is 1. The van der Waals surface area contributed by atoms with E-state index in [9.17, 15) is 4.79 Å². The number of carbonyl (C=O) groups is 1. The molecule has 98 valence electrons. The van der Waals surface area contributed by atoms with Crippen LogP contribution < -0.4 is 15.4 Å². The van der Waals surface area contributed by atoms with Crippen molar-refractivity contribution in [1.82, 2.24) is 10.6 Å². The molecule has 1 heterocycles. The first-order chi connectivity index (χ1) is 8.70. The molecule has 1 aromatic rings. The number of nitrogens with one attached hydrogen (secondary N) is 2. The minimum absolute atomic E-state index is 0.0193. The highest BCUT2D eigenvalue weighted by atomic mass is 16.5. The molecular formula is C14H20N2O2. The van der Waals surface area contributed by atoms with E-state index in [1.165, 1.54) is 0 Å². The molecule has 4 heteroatoms. The summed E-state index contributed by atoms with van der Waals surface area (Å²) in [6.07, 6.45) is 2.01. The summed E-state index contributed by atoms with van der Waals surface area (Å²) in [7, 11) is 1.64. The predicted octanol–water partition coefficient (Wildman–Crippen LogP) is 1.62. The SMILES string of the molecule is COc1ccc([C@@H](C)NC(=O)[C@@H]2CCCN2)cc1. The molecule has 18 heavy (non-hydrogen) atoms. The maximum absolute atomic E-state index is 12.0. The maximum atomic E-state index is 12.0. The Labute approximate surface area is 108 Å². The van der Waals surface area contributed by atoms with Crippen molar-refractivity contribution in [1.29, 1.82) is 0 Å². The molecule has 1 amide bonds. The number of hydrogen-bond acceptors (Lipinski definition) is 3. The van der Waals surface area contributed by atoms with Gasteiger partial charge in [0.15, 0.2) is 0 Å². The number of amides is 1. The van der Waals surface area contributed by atoms with E-state index < -0.39 is 0 Å². The van der Waals surface area contributed by atoms with Crippen LogP contribution in [0.2, 0.25) is 0 Å². The highest BCUT2D eigenvalue weighted by Gasteiger charge is 2.23. The van der Waals surface area contributed by atoms with Gasteiger partial charge in [-0.25, -0.2) is 0 Å². The lowest BCUT2D eigenvalue weighted by atomic mass is 10.1. The number of rotatable bonds is 4. The first kappa shape index (κ1) is 12.9. The van der Waals surface area contributed by atoms with Crippen molar-refractivity contribution in [3.63, 3.8) is 0 Å². The number of hydrogen-bond donors (Lipinski definition) is 2. The van der Waals surface area contributed by atoms with E-state index in [1.807, 2.05) is 31.2 Å². The quantitative estimate of drug-likeness (QED) is 0.851. The second-order valence-electron chi connectivity index (χ2n) is 4.65. The Morgan fingerprint density at radius 3 is 2.72 bits per heavy atom. The van der Waals surface area contributed by atoms with E-state index in [0.717, 1.165) is 30.7 Å². The molecule has 0 bridgehead atoms. The summed E-state index contributed by atoms with van der Waals surface area (Å²) in [5, 5.41) is 6.23. The van der Waals surface area contributed by atoms with Gasteiger partial charge < -0.3 is 15.4 Å². The van der Waals surface area contributed by atoms with Gasteiger partial charge in [-0.05, 0) is 44.0 Å². The van der Waals surface area contributed by atoms with Gasteiger partial charge in [0.1, 0.15) is 5.75 Å². The smallest absolute Gasteiger partial charge is 0.237 e. The Kier molecular flexibility index (Phi) is 4.20. The molecule has 0 saturated carbocycles. The second-order valence-corrected chi connectivity index (χ2v) is 4.65. The number of carbonyl (C=O) groups excluding carboxylic acids is 1. The van der Waals surface area contributed by atoms with Crippen LogP contribution in [-0.2, 0) is 4.79 Å². The van der Waals surface area contributed by atoms with Crippen molar-refractivity contribution in [3.8, 4) is 5.75 Å². The van der Waals surface area contributed by atoms with Gasteiger partial charge in [0.2, 0.25) is 5.91 Å². The maximum Gasteiger partial charge on any atom is 0.237 e. The third kappa shape index (κ3) is 3.01. The van der Waals surface area contributed by atoms with Crippen LogP contribution in [0.25, 0.3) is 0 Å². The fourth-order valence-corrected chi connectivity index (χ4v) is 2.20. The summed E-state index contributed by atoms with van der Waals surface area (Å²) < 4.78 is 5.11. The van der Waals surface area contributed by atoms with Crippen LogP contribution in [0.15, 0.2) is 24.3 Å². The lowest BCUT2D eigenvalue weighted by Crippen LogP contribution is -2.41. The molecule has 1 aliphatic rings. The van der Waals surface area contributed by atoms with Gasteiger partial charge in [0.05, 0.1) is 19.2 Å². The van der Waals surface area contributed by atoms with E-state index in [0.29, 0.717) is 0 Å². The lowest BCUT2D eigenvalue weighted by molar-refractivity contribution is -0.123. The minimum atomic E-state index is -0.0225. The van der Waals surface area contributed by atoms with Crippen LogP contribution in [0, 0.1) is 0 Å². The summed E-state index contributed by atoms with van der Waals surface area (Å²) >= 11 is 0. The van der Waals surface area contributed by atoms with E-state index in [1.54, 1.807) is 7.11 Å². The van der Waals surface area contributed by atoms with Crippen molar-refractivity contribution in [2.75, 3.05) is 13.7 Å². The first-order valence-corrected chi connectivity index (χ1v) is 6.38. The summed E-state index contributed by atoms with van der Waals surface area (Å²) in [4.78, 5) is 12.0. The molecule has 1 fully saturated rings. The fourth-order valence-electron chi connectivity index (χ4n) is 2.20. The monoisotopic (exact) mass is 248 g/mol. The zero-order valence-electron chi connectivity index (χ0n) is 10.9. The average molecular weight is 248 g/mol. The van der Waals surface area contributed by atoms with Gasteiger partial charge in [-0.15, -0.1) is 0 Å². The van der Waals surface area contributed by atoms with Gasteiger partial charge in [0, 0.05) is 0 Å². The largest absolute Gasteiger partial charge is 0.497 e. The number of benzene rings is 1. The van der Waals surface area contributed by atoms with Crippen LogP contribution in [-0.4, -0.2) is 25.6 Å². The molecule has 2 atom stereocenters. The standard InChI is InChI=1S/C14H20N2O2/c1-10(11-5-7-12(18-2)8-6-11)16-14(17)13-4-3-9-15-13/h5-8,10,13,15H,3-4,9H2,1-2H3,(H,16,17)/t10-,13+/m1/s1. The Hall–Kier alpha value is -1.55. The molecule has 1 aliphatic heterocycles. The molecule has 1 saturated heterocycles. The zero-order valence-corrected chi connectivity index (χ0v) is 10.9. The van der Waals surface area contributed by atoms with Gasteiger partial charge in [0.25, 0.3) is 0 Å². The van der Waals surface area contributed by atoms with Crippen LogP contribution >= 0.6 is 0 Å². The van der Waals surface area contributed by atoms with Crippen molar-refractivity contribution in [3.05, 3.63) is 29.8 Å². The van der Waals surface area contributed by atoms with Crippen LogP contribution in [0.4, 0.5) is 0 Å². The molecular weight excluding hydrogens is 228 g/mol. The zero-order chi connectivity index (χ0) is 13.0. The molecule has 1 aromatic carbocycles. The van der Waals surface area contributed by atoms with E-state index in [2.05, 4.69) is 10.6 Å². The van der Waals surface area contributed by atoms with Gasteiger partial charge >= 0.3 is 0 Å². The molecule has 2 N–H and O–H groups in total. The third-order valence-corrected chi connectivity index (χ3v) is 3.35. The minimum Gasteiger partial charge on any atom is -0.497 e. The van der Waals surface area contributed by atoms with Crippen LogP contribution in [0.1, 0.15) is 31.4 Å². The van der Waals surface area contributed by atoms with Crippen molar-refractivity contribution < 1.29 is 9.53 Å². The molecule has 0 radical (unpaired) electrons. The van der Waals surface area contributed by atoms with Crippen molar-refractivity contribution in [2.45, 2.75) is 31.8 Å².